The van der Waals surface area contributed by atoms with Crippen LogP contribution in [0.4, 0.5) is 9.18 Å². The van der Waals surface area contributed by atoms with Crippen molar-refractivity contribution in [3.8, 4) is 0 Å². The second kappa shape index (κ2) is 4.71. The Labute approximate surface area is 98.6 Å². The van der Waals surface area contributed by atoms with Crippen LogP contribution in [-0.4, -0.2) is 36.3 Å². The maximum atomic E-state index is 13.6. The first-order valence-corrected chi connectivity index (χ1v) is 5.38. The fourth-order valence-corrected chi connectivity index (χ4v) is 1.95. The monoisotopic (exact) mass is 239 g/mol. The van der Waals surface area contributed by atoms with Crippen LogP contribution in [0, 0.1) is 0 Å². The average molecular weight is 239 g/mol. The third kappa shape index (κ3) is 2.39. The number of fused-ring (bicyclic) bond motifs is 1. The molecule has 4 nitrogen and oxygen atoms in total. The third-order valence-corrected chi connectivity index (χ3v) is 2.89. The highest BCUT2D eigenvalue weighted by molar-refractivity contribution is 5.64. The fraction of sp³-hybridized carbons (Fsp3) is 0.417. The van der Waals surface area contributed by atoms with E-state index in [2.05, 4.69) is 0 Å². The molecule has 1 amide bonds. The molecule has 0 aliphatic carbocycles. The summed E-state index contributed by atoms with van der Waals surface area (Å²) in [5.41, 5.74) is 1.34. The van der Waals surface area contributed by atoms with Crippen molar-refractivity contribution in [2.45, 2.75) is 12.3 Å². The Hall–Kier alpha value is -1.62. The number of hydrogen-bond acceptors (Lipinski definition) is 2. The first-order chi connectivity index (χ1) is 8.09. The van der Waals surface area contributed by atoms with Gasteiger partial charge in [-0.2, -0.15) is 0 Å². The number of nitrogens with zero attached hydrogens (tertiary/aromatic N) is 1. The van der Waals surface area contributed by atoms with Gasteiger partial charge in [-0.25, -0.2) is 9.18 Å². The van der Waals surface area contributed by atoms with Crippen molar-refractivity contribution in [2.75, 3.05) is 20.2 Å². The van der Waals surface area contributed by atoms with Crippen LogP contribution in [0.25, 0.3) is 0 Å². The molecule has 1 aromatic carbocycles. The quantitative estimate of drug-likeness (QED) is 0.862. The van der Waals surface area contributed by atoms with Crippen molar-refractivity contribution in [1.82, 2.24) is 4.90 Å². The largest absolute Gasteiger partial charge is 0.465 e. The number of halogens is 1. The maximum absolute atomic E-state index is 13.6. The van der Waals surface area contributed by atoms with E-state index in [9.17, 15) is 9.18 Å². The minimum atomic E-state index is -1.13. The molecule has 2 atom stereocenters. The number of carbonyl (C=O) groups is 1. The molecule has 1 aliphatic rings. The molecule has 5 heteroatoms. The molecule has 0 unspecified atom stereocenters. The summed E-state index contributed by atoms with van der Waals surface area (Å²) in [7, 11) is 1.47. The topological polar surface area (TPSA) is 49.8 Å². The lowest BCUT2D eigenvalue weighted by Gasteiger charge is -2.30. The molecule has 0 spiro atoms. The van der Waals surface area contributed by atoms with Crippen LogP contribution < -0.4 is 0 Å². The number of rotatable bonds is 2. The van der Waals surface area contributed by atoms with Crippen molar-refractivity contribution < 1.29 is 19.0 Å². The van der Waals surface area contributed by atoms with Gasteiger partial charge in [0.2, 0.25) is 0 Å². The Morgan fingerprint density at radius 1 is 1.53 bits per heavy atom. The van der Waals surface area contributed by atoms with Gasteiger partial charge in [0, 0.05) is 7.05 Å². The van der Waals surface area contributed by atoms with Crippen molar-refractivity contribution >= 4 is 6.09 Å². The molecule has 1 aromatic rings. The van der Waals surface area contributed by atoms with Gasteiger partial charge in [-0.05, 0) is 11.1 Å². The van der Waals surface area contributed by atoms with Crippen LogP contribution in [0.1, 0.15) is 23.4 Å². The number of alkyl halides is 1. The summed E-state index contributed by atoms with van der Waals surface area (Å²) >= 11 is 0. The lowest BCUT2D eigenvalue weighted by atomic mass is 9.96. The standard InChI is InChI=1S/C12H14FNO3/c1-14(12(15)16)6-11-9-5-3-2-4-8(9)10(13)7-17-11/h2-5,10-11H,6-7H2,1H3,(H,15,16)/t10-,11-/m1/s1. The second-order valence-corrected chi connectivity index (χ2v) is 4.08. The Balaban J connectivity index is 2.21. The SMILES string of the molecule is CN(C[C@H]1OC[C@@H](F)c2ccccc21)C(=O)O. The molecule has 2 rings (SSSR count). The zero-order chi connectivity index (χ0) is 12.4. The van der Waals surface area contributed by atoms with E-state index in [4.69, 9.17) is 9.84 Å². The molecule has 0 aromatic heterocycles. The predicted octanol–water partition coefficient (Wildman–Crippen LogP) is 2.38. The number of benzene rings is 1. The first kappa shape index (κ1) is 11.9. The lowest BCUT2D eigenvalue weighted by Crippen LogP contribution is -2.33. The number of carboxylic acid groups (broad SMARTS) is 1. The van der Waals surface area contributed by atoms with Gasteiger partial charge in [0.25, 0.3) is 0 Å². The van der Waals surface area contributed by atoms with Crippen LogP contribution in [0.3, 0.4) is 0 Å². The molecule has 0 fully saturated rings. The van der Waals surface area contributed by atoms with Crippen LogP contribution in [0.5, 0.6) is 0 Å². The van der Waals surface area contributed by atoms with Crippen molar-refractivity contribution in [2.24, 2.45) is 0 Å². The van der Waals surface area contributed by atoms with E-state index < -0.39 is 12.3 Å². The van der Waals surface area contributed by atoms with Crippen molar-refractivity contribution in [3.63, 3.8) is 0 Å². The first-order valence-electron chi connectivity index (χ1n) is 5.38. The number of hydrogen-bond donors (Lipinski definition) is 1. The number of ether oxygens (including phenoxy) is 1. The summed E-state index contributed by atoms with van der Waals surface area (Å²) in [6, 6.07) is 7.07. The molecule has 1 heterocycles. The summed E-state index contributed by atoms with van der Waals surface area (Å²) in [6.07, 6.45) is -2.54. The zero-order valence-corrected chi connectivity index (χ0v) is 9.47. The van der Waals surface area contributed by atoms with Crippen LogP contribution in [0.2, 0.25) is 0 Å². The summed E-state index contributed by atoms with van der Waals surface area (Å²) < 4.78 is 18.9. The molecular formula is C12H14FNO3. The van der Waals surface area contributed by atoms with E-state index in [1.807, 2.05) is 0 Å². The predicted molar refractivity (Wildman–Crippen MR) is 59.6 cm³/mol. The molecule has 0 radical (unpaired) electrons. The zero-order valence-electron chi connectivity index (χ0n) is 9.47. The minimum Gasteiger partial charge on any atom is -0.465 e. The Kier molecular flexibility index (Phi) is 3.28. The van der Waals surface area contributed by atoms with Gasteiger partial charge in [0.1, 0.15) is 12.3 Å². The third-order valence-electron chi connectivity index (χ3n) is 2.89. The summed E-state index contributed by atoms with van der Waals surface area (Å²) in [5, 5.41) is 8.81. The van der Waals surface area contributed by atoms with Crippen LogP contribution in [0.15, 0.2) is 24.3 Å². The number of amides is 1. The van der Waals surface area contributed by atoms with Gasteiger partial charge in [0.05, 0.1) is 13.2 Å². The van der Waals surface area contributed by atoms with Gasteiger partial charge in [-0.15, -0.1) is 0 Å². The van der Waals surface area contributed by atoms with E-state index in [-0.39, 0.29) is 19.3 Å². The molecule has 92 valence electrons. The summed E-state index contributed by atoms with van der Waals surface area (Å²) in [4.78, 5) is 11.9. The maximum Gasteiger partial charge on any atom is 0.407 e. The molecule has 17 heavy (non-hydrogen) atoms. The normalized spacial score (nSPS) is 22.9. The van der Waals surface area contributed by atoms with E-state index in [0.29, 0.717) is 5.56 Å². The Morgan fingerprint density at radius 2 is 2.18 bits per heavy atom. The number of likely N-dealkylation sites (N-methyl/N-ethyl adjacent to an activating group) is 1. The van der Waals surface area contributed by atoms with Gasteiger partial charge in [-0.1, -0.05) is 24.3 Å². The Bertz CT molecular complexity index is 424. The molecule has 0 bridgehead atoms. The van der Waals surface area contributed by atoms with Crippen molar-refractivity contribution in [3.05, 3.63) is 35.4 Å². The molecule has 0 saturated carbocycles. The lowest BCUT2D eigenvalue weighted by molar-refractivity contribution is -0.0136. The highest BCUT2D eigenvalue weighted by Crippen LogP contribution is 2.34. The molecule has 0 saturated heterocycles. The van der Waals surface area contributed by atoms with Crippen LogP contribution in [-0.2, 0) is 4.74 Å². The van der Waals surface area contributed by atoms with Gasteiger partial charge < -0.3 is 14.7 Å². The van der Waals surface area contributed by atoms with Gasteiger partial charge in [-0.3, -0.25) is 0 Å². The second-order valence-electron chi connectivity index (χ2n) is 4.08. The van der Waals surface area contributed by atoms with Gasteiger partial charge in [0.15, 0.2) is 0 Å². The molecule has 1 N–H and O–H groups in total. The summed E-state index contributed by atoms with van der Waals surface area (Å²) in [6.45, 7) is 0.189. The molecular weight excluding hydrogens is 225 g/mol. The smallest absolute Gasteiger partial charge is 0.407 e. The van der Waals surface area contributed by atoms with E-state index in [0.717, 1.165) is 10.5 Å². The minimum absolute atomic E-state index is 0.0187. The summed E-state index contributed by atoms with van der Waals surface area (Å²) in [5.74, 6) is 0. The molecule has 1 aliphatic heterocycles. The highest BCUT2D eigenvalue weighted by Gasteiger charge is 2.28. The fourth-order valence-electron chi connectivity index (χ4n) is 1.95. The van der Waals surface area contributed by atoms with Crippen molar-refractivity contribution in [1.29, 1.82) is 0 Å². The Morgan fingerprint density at radius 3 is 2.82 bits per heavy atom. The van der Waals surface area contributed by atoms with E-state index in [1.165, 1.54) is 7.05 Å². The highest BCUT2D eigenvalue weighted by atomic mass is 19.1. The van der Waals surface area contributed by atoms with Gasteiger partial charge >= 0.3 is 6.09 Å². The van der Waals surface area contributed by atoms with E-state index in [1.54, 1.807) is 24.3 Å². The average Bonchev–Trinajstić information content (AvgIpc) is 2.33. The van der Waals surface area contributed by atoms with Crippen LogP contribution >= 0.6 is 0 Å². The van der Waals surface area contributed by atoms with E-state index >= 15 is 0 Å².